The van der Waals surface area contributed by atoms with Crippen LogP contribution in [0.4, 0.5) is 0 Å². The quantitative estimate of drug-likeness (QED) is 0.683. The normalized spacial score (nSPS) is 28.5. The van der Waals surface area contributed by atoms with Gasteiger partial charge in [-0.2, -0.15) is 0 Å². The van der Waals surface area contributed by atoms with Crippen LogP contribution in [0.15, 0.2) is 12.4 Å². The Labute approximate surface area is 72.0 Å². The van der Waals surface area contributed by atoms with Gasteiger partial charge >= 0.3 is 0 Å². The molecule has 0 aromatic carbocycles. The second-order valence-corrected chi connectivity index (χ2v) is 3.45. The van der Waals surface area contributed by atoms with Crippen molar-refractivity contribution in [2.45, 2.75) is 32.4 Å². The number of nitrogens with zero attached hydrogens (tertiary/aromatic N) is 2. The Morgan fingerprint density at radius 3 is 3.33 bits per heavy atom. The van der Waals surface area contributed by atoms with E-state index >= 15 is 0 Å². The Morgan fingerprint density at radius 1 is 1.75 bits per heavy atom. The molecule has 0 bridgehead atoms. The molecular weight excluding hydrogens is 152 g/mol. The molecule has 12 heavy (non-hydrogen) atoms. The zero-order valence-electron chi connectivity index (χ0n) is 7.27. The number of aliphatic hydroxyl groups excluding tert-OH is 1. The van der Waals surface area contributed by atoms with Gasteiger partial charge in [-0.05, 0) is 12.3 Å². The van der Waals surface area contributed by atoms with Gasteiger partial charge in [-0.3, -0.25) is 0 Å². The maximum atomic E-state index is 9.67. The molecule has 2 unspecified atom stereocenters. The Hall–Kier alpha value is -0.830. The van der Waals surface area contributed by atoms with Gasteiger partial charge < -0.3 is 9.67 Å². The first-order valence-electron chi connectivity index (χ1n) is 4.51. The van der Waals surface area contributed by atoms with Gasteiger partial charge in [0.05, 0.1) is 0 Å². The summed E-state index contributed by atoms with van der Waals surface area (Å²) in [6.07, 6.45) is 6.29. The van der Waals surface area contributed by atoms with E-state index in [-0.39, 0.29) is 6.23 Å². The Kier molecular flexibility index (Phi) is 1.89. The van der Waals surface area contributed by atoms with Gasteiger partial charge in [0.1, 0.15) is 12.1 Å². The van der Waals surface area contributed by atoms with Gasteiger partial charge in [-0.25, -0.2) is 4.98 Å². The fourth-order valence-electron chi connectivity index (χ4n) is 1.84. The zero-order chi connectivity index (χ0) is 8.55. The third-order valence-corrected chi connectivity index (χ3v) is 2.66. The molecule has 0 spiro atoms. The van der Waals surface area contributed by atoms with Crippen molar-refractivity contribution in [3.8, 4) is 0 Å². The lowest BCUT2D eigenvalue weighted by atomic mass is 9.94. The van der Waals surface area contributed by atoms with E-state index in [1.54, 1.807) is 6.20 Å². The molecule has 0 saturated carbocycles. The van der Waals surface area contributed by atoms with Gasteiger partial charge in [0, 0.05) is 18.8 Å². The maximum Gasteiger partial charge on any atom is 0.132 e. The fourth-order valence-corrected chi connectivity index (χ4v) is 1.84. The van der Waals surface area contributed by atoms with Crippen LogP contribution < -0.4 is 0 Å². The molecule has 0 amide bonds. The number of imidazole rings is 1. The van der Waals surface area contributed by atoms with E-state index in [0.717, 1.165) is 25.1 Å². The summed E-state index contributed by atoms with van der Waals surface area (Å²) in [5.41, 5.74) is 0. The minimum atomic E-state index is -0.346. The highest BCUT2D eigenvalue weighted by atomic mass is 16.3. The predicted molar refractivity (Wildman–Crippen MR) is 45.6 cm³/mol. The topological polar surface area (TPSA) is 38.0 Å². The van der Waals surface area contributed by atoms with E-state index in [4.69, 9.17) is 0 Å². The van der Waals surface area contributed by atoms with Crippen molar-refractivity contribution in [2.24, 2.45) is 5.92 Å². The third kappa shape index (κ3) is 1.14. The molecule has 1 aromatic rings. The van der Waals surface area contributed by atoms with E-state index < -0.39 is 0 Å². The second kappa shape index (κ2) is 2.90. The van der Waals surface area contributed by atoms with Crippen LogP contribution in [0.2, 0.25) is 0 Å². The van der Waals surface area contributed by atoms with Crippen LogP contribution in [0.1, 0.15) is 31.8 Å². The number of hydrogen-bond acceptors (Lipinski definition) is 2. The molecule has 3 nitrogen and oxygen atoms in total. The standard InChI is InChI=1S/C9H14N2O/c1-2-7-5-8-10-3-4-11(8)9(12)6-7/h3-4,7,9,12H,2,5-6H2,1H3. The Morgan fingerprint density at radius 2 is 2.58 bits per heavy atom. The van der Waals surface area contributed by atoms with Gasteiger partial charge in [0.15, 0.2) is 0 Å². The number of aliphatic hydroxyl groups is 1. The summed E-state index contributed by atoms with van der Waals surface area (Å²) in [6.45, 7) is 2.16. The van der Waals surface area contributed by atoms with Crippen molar-refractivity contribution < 1.29 is 5.11 Å². The fraction of sp³-hybridized carbons (Fsp3) is 0.667. The average Bonchev–Trinajstić information content (AvgIpc) is 2.52. The Balaban J connectivity index is 2.26. The summed E-state index contributed by atoms with van der Waals surface area (Å²) in [5, 5.41) is 9.67. The summed E-state index contributed by atoms with van der Waals surface area (Å²) in [7, 11) is 0. The predicted octanol–water partition coefficient (Wildman–Crippen LogP) is 1.35. The van der Waals surface area contributed by atoms with E-state index in [1.165, 1.54) is 0 Å². The minimum absolute atomic E-state index is 0.346. The van der Waals surface area contributed by atoms with Gasteiger partial charge in [-0.15, -0.1) is 0 Å². The second-order valence-electron chi connectivity index (χ2n) is 3.45. The van der Waals surface area contributed by atoms with Crippen molar-refractivity contribution in [3.63, 3.8) is 0 Å². The molecule has 1 aromatic heterocycles. The van der Waals surface area contributed by atoms with Crippen molar-refractivity contribution in [1.29, 1.82) is 0 Å². The molecule has 3 heteroatoms. The van der Waals surface area contributed by atoms with Crippen LogP contribution in [0.5, 0.6) is 0 Å². The molecule has 0 fully saturated rings. The highest BCUT2D eigenvalue weighted by Crippen LogP contribution is 2.27. The summed E-state index contributed by atoms with van der Waals surface area (Å²) < 4.78 is 1.87. The van der Waals surface area contributed by atoms with Crippen molar-refractivity contribution in [2.75, 3.05) is 0 Å². The summed E-state index contributed by atoms with van der Waals surface area (Å²) >= 11 is 0. The summed E-state index contributed by atoms with van der Waals surface area (Å²) in [6, 6.07) is 0. The molecule has 0 aliphatic carbocycles. The molecule has 66 valence electrons. The average molecular weight is 166 g/mol. The molecular formula is C9H14N2O. The number of hydrogen-bond donors (Lipinski definition) is 1. The molecule has 2 heterocycles. The molecule has 2 atom stereocenters. The lowest BCUT2D eigenvalue weighted by Crippen LogP contribution is -2.23. The van der Waals surface area contributed by atoms with E-state index in [0.29, 0.717) is 5.92 Å². The van der Waals surface area contributed by atoms with Crippen LogP contribution in [0, 0.1) is 5.92 Å². The third-order valence-electron chi connectivity index (χ3n) is 2.66. The highest BCUT2D eigenvalue weighted by molar-refractivity contribution is 4.98. The van der Waals surface area contributed by atoms with Crippen LogP contribution in [0.3, 0.4) is 0 Å². The van der Waals surface area contributed by atoms with Crippen molar-refractivity contribution >= 4 is 0 Å². The van der Waals surface area contributed by atoms with Crippen LogP contribution in [-0.2, 0) is 6.42 Å². The smallest absolute Gasteiger partial charge is 0.132 e. The Bertz CT molecular complexity index is 269. The highest BCUT2D eigenvalue weighted by Gasteiger charge is 2.23. The van der Waals surface area contributed by atoms with Crippen molar-refractivity contribution in [1.82, 2.24) is 9.55 Å². The van der Waals surface area contributed by atoms with Gasteiger partial charge in [0.2, 0.25) is 0 Å². The van der Waals surface area contributed by atoms with Gasteiger partial charge in [0.25, 0.3) is 0 Å². The lowest BCUT2D eigenvalue weighted by Gasteiger charge is -2.26. The molecule has 1 aliphatic rings. The first kappa shape index (κ1) is 7.80. The molecule has 1 aliphatic heterocycles. The van der Waals surface area contributed by atoms with E-state index in [2.05, 4.69) is 11.9 Å². The number of aromatic nitrogens is 2. The van der Waals surface area contributed by atoms with Crippen LogP contribution in [0.25, 0.3) is 0 Å². The zero-order valence-corrected chi connectivity index (χ0v) is 7.27. The molecule has 0 saturated heterocycles. The number of rotatable bonds is 1. The van der Waals surface area contributed by atoms with Crippen molar-refractivity contribution in [3.05, 3.63) is 18.2 Å². The monoisotopic (exact) mass is 166 g/mol. The summed E-state index contributed by atoms with van der Waals surface area (Å²) in [5.74, 6) is 1.63. The molecule has 1 N–H and O–H groups in total. The first-order valence-corrected chi connectivity index (χ1v) is 4.51. The largest absolute Gasteiger partial charge is 0.373 e. The first-order chi connectivity index (χ1) is 5.81. The minimum Gasteiger partial charge on any atom is -0.373 e. The maximum absolute atomic E-state index is 9.67. The lowest BCUT2D eigenvalue weighted by molar-refractivity contribution is 0.0554. The van der Waals surface area contributed by atoms with Gasteiger partial charge in [-0.1, -0.05) is 13.3 Å². The summed E-state index contributed by atoms with van der Waals surface area (Å²) in [4.78, 5) is 4.21. The van der Waals surface area contributed by atoms with Crippen LogP contribution in [-0.4, -0.2) is 14.7 Å². The number of fused-ring (bicyclic) bond motifs is 1. The molecule has 0 radical (unpaired) electrons. The SMILES string of the molecule is CCC1Cc2nccn2C(O)C1. The van der Waals surface area contributed by atoms with E-state index in [9.17, 15) is 5.11 Å². The molecule has 2 rings (SSSR count). The van der Waals surface area contributed by atoms with Crippen LogP contribution >= 0.6 is 0 Å². The van der Waals surface area contributed by atoms with E-state index in [1.807, 2.05) is 10.8 Å².